The van der Waals surface area contributed by atoms with Crippen LogP contribution in [0.1, 0.15) is 19.3 Å². The maximum atomic E-state index is 11.1. The van der Waals surface area contributed by atoms with Crippen molar-refractivity contribution in [1.29, 1.82) is 0 Å². The summed E-state index contributed by atoms with van der Waals surface area (Å²) in [4.78, 5) is 11.1. The Morgan fingerprint density at radius 3 is 2.76 bits per heavy atom. The Balaban J connectivity index is 1.94. The van der Waals surface area contributed by atoms with Gasteiger partial charge in [-0.05, 0) is 30.9 Å². The lowest BCUT2D eigenvalue weighted by atomic mass is 10.1. The Bertz CT molecular complexity index is 482. The van der Waals surface area contributed by atoms with Gasteiger partial charge in [0.05, 0.1) is 10.7 Å². The first-order chi connectivity index (χ1) is 8.29. The van der Waals surface area contributed by atoms with Crippen molar-refractivity contribution in [2.45, 2.75) is 25.3 Å². The summed E-state index contributed by atoms with van der Waals surface area (Å²) in [6.07, 6.45) is 4.13. The van der Waals surface area contributed by atoms with Crippen molar-refractivity contribution in [2.24, 2.45) is 11.0 Å². The Morgan fingerprint density at radius 1 is 1.35 bits per heavy atom. The van der Waals surface area contributed by atoms with E-state index in [-0.39, 0.29) is 6.04 Å². The molecule has 0 amide bonds. The van der Waals surface area contributed by atoms with Gasteiger partial charge in [-0.3, -0.25) is 5.01 Å². The van der Waals surface area contributed by atoms with Crippen molar-refractivity contribution >= 4 is 29.3 Å². The Morgan fingerprint density at radius 2 is 2.12 bits per heavy atom. The molecule has 1 aliphatic carbocycles. The van der Waals surface area contributed by atoms with Gasteiger partial charge in [0.1, 0.15) is 12.3 Å². The number of benzene rings is 1. The summed E-state index contributed by atoms with van der Waals surface area (Å²) < 4.78 is 0. The minimum absolute atomic E-state index is 0.189. The van der Waals surface area contributed by atoms with Crippen LogP contribution in [0, 0.1) is 5.92 Å². The van der Waals surface area contributed by atoms with Crippen molar-refractivity contribution < 1.29 is 4.79 Å². The Hall–Kier alpha value is -1.35. The first kappa shape index (κ1) is 10.8. The zero-order chi connectivity index (χ0) is 11.8. The van der Waals surface area contributed by atoms with E-state index < -0.39 is 0 Å². The molecule has 1 aromatic rings. The molecule has 1 fully saturated rings. The van der Waals surface area contributed by atoms with Crippen LogP contribution in [0.25, 0.3) is 0 Å². The molecule has 1 atom stereocenters. The average molecular weight is 249 g/mol. The second-order valence-corrected chi connectivity index (χ2v) is 4.98. The number of rotatable bonds is 3. The van der Waals surface area contributed by atoms with Gasteiger partial charge >= 0.3 is 0 Å². The highest BCUT2D eigenvalue weighted by molar-refractivity contribution is 6.33. The van der Waals surface area contributed by atoms with E-state index in [2.05, 4.69) is 5.10 Å². The maximum absolute atomic E-state index is 11.1. The van der Waals surface area contributed by atoms with E-state index in [1.807, 2.05) is 24.3 Å². The number of para-hydroxylation sites is 1. The quantitative estimate of drug-likeness (QED) is 0.771. The highest BCUT2D eigenvalue weighted by Gasteiger charge is 2.36. The number of halogens is 1. The van der Waals surface area contributed by atoms with Gasteiger partial charge < -0.3 is 4.79 Å². The number of hydrogen-bond donors (Lipinski definition) is 0. The van der Waals surface area contributed by atoms with Crippen molar-refractivity contribution in [2.75, 3.05) is 5.01 Å². The summed E-state index contributed by atoms with van der Waals surface area (Å²) in [5.74, 6) is 0.602. The zero-order valence-corrected chi connectivity index (χ0v) is 10.1. The molecular weight excluding hydrogens is 236 g/mol. The molecule has 1 aromatic carbocycles. The standard InChI is InChI=1S/C13H13ClN2O/c14-11-3-1-2-4-13(11)16-10(8-17)7-12(15-16)9-5-6-9/h1-4,8-10H,5-7H2. The van der Waals surface area contributed by atoms with E-state index in [1.54, 1.807) is 5.01 Å². The maximum Gasteiger partial charge on any atom is 0.144 e. The van der Waals surface area contributed by atoms with Crippen molar-refractivity contribution in [3.8, 4) is 0 Å². The predicted molar refractivity (Wildman–Crippen MR) is 68.6 cm³/mol. The fourth-order valence-corrected chi connectivity index (χ4v) is 2.42. The fourth-order valence-electron chi connectivity index (χ4n) is 2.19. The van der Waals surface area contributed by atoms with Crippen LogP contribution in [0.3, 0.4) is 0 Å². The summed E-state index contributed by atoms with van der Waals surface area (Å²) in [6, 6.07) is 7.32. The van der Waals surface area contributed by atoms with Crippen LogP contribution in [0.15, 0.2) is 29.4 Å². The lowest BCUT2D eigenvalue weighted by Gasteiger charge is -2.19. The first-order valence-corrected chi connectivity index (χ1v) is 6.24. The molecule has 1 heterocycles. The van der Waals surface area contributed by atoms with E-state index in [9.17, 15) is 4.79 Å². The van der Waals surface area contributed by atoms with Crippen molar-refractivity contribution in [3.63, 3.8) is 0 Å². The van der Waals surface area contributed by atoms with E-state index >= 15 is 0 Å². The minimum Gasteiger partial charge on any atom is -0.301 e. The molecule has 3 nitrogen and oxygen atoms in total. The molecule has 1 unspecified atom stereocenters. The lowest BCUT2D eigenvalue weighted by Crippen LogP contribution is -2.27. The lowest BCUT2D eigenvalue weighted by molar-refractivity contribution is -0.108. The van der Waals surface area contributed by atoms with Crippen molar-refractivity contribution in [1.82, 2.24) is 0 Å². The van der Waals surface area contributed by atoms with Gasteiger partial charge in [-0.2, -0.15) is 5.10 Å². The SMILES string of the molecule is O=CC1CC(C2CC2)=NN1c1ccccc1Cl. The van der Waals surface area contributed by atoms with Crippen LogP contribution in [0.5, 0.6) is 0 Å². The molecule has 17 heavy (non-hydrogen) atoms. The molecular formula is C13H13ClN2O. The summed E-state index contributed by atoms with van der Waals surface area (Å²) >= 11 is 6.14. The molecule has 4 heteroatoms. The number of carbonyl (C=O) groups excluding carboxylic acids is 1. The van der Waals surface area contributed by atoms with Gasteiger partial charge in [0.25, 0.3) is 0 Å². The van der Waals surface area contributed by atoms with Gasteiger partial charge in [0.2, 0.25) is 0 Å². The molecule has 0 bridgehead atoms. The van der Waals surface area contributed by atoms with Crippen LogP contribution in [-0.4, -0.2) is 18.0 Å². The van der Waals surface area contributed by atoms with Gasteiger partial charge in [0.15, 0.2) is 0 Å². The van der Waals surface area contributed by atoms with Crippen LogP contribution in [0.2, 0.25) is 5.02 Å². The summed E-state index contributed by atoms with van der Waals surface area (Å²) in [7, 11) is 0. The number of aldehydes is 1. The van der Waals surface area contributed by atoms with Gasteiger partial charge in [-0.25, -0.2) is 0 Å². The Labute approximate surface area is 105 Å². The number of hydrazone groups is 1. The van der Waals surface area contributed by atoms with E-state index in [4.69, 9.17) is 11.6 Å². The monoisotopic (exact) mass is 248 g/mol. The normalized spacial score (nSPS) is 23.7. The molecule has 0 saturated heterocycles. The topological polar surface area (TPSA) is 32.7 Å². The third-order valence-corrected chi connectivity index (χ3v) is 3.59. The van der Waals surface area contributed by atoms with E-state index in [0.29, 0.717) is 10.9 Å². The highest BCUT2D eigenvalue weighted by Crippen LogP contribution is 2.38. The van der Waals surface area contributed by atoms with Crippen LogP contribution < -0.4 is 5.01 Å². The van der Waals surface area contributed by atoms with Crippen LogP contribution in [-0.2, 0) is 4.79 Å². The molecule has 1 saturated carbocycles. The van der Waals surface area contributed by atoms with Crippen LogP contribution in [0.4, 0.5) is 5.69 Å². The van der Waals surface area contributed by atoms with Crippen LogP contribution >= 0.6 is 11.6 Å². The molecule has 88 valence electrons. The second kappa shape index (κ2) is 4.15. The molecule has 2 aliphatic rings. The highest BCUT2D eigenvalue weighted by atomic mass is 35.5. The molecule has 1 aliphatic heterocycles. The third-order valence-electron chi connectivity index (χ3n) is 3.27. The molecule has 0 aromatic heterocycles. The number of nitrogens with zero attached hydrogens (tertiary/aromatic N) is 2. The fraction of sp³-hybridized carbons (Fsp3) is 0.385. The summed E-state index contributed by atoms with van der Waals surface area (Å²) in [6.45, 7) is 0. The number of anilines is 1. The summed E-state index contributed by atoms with van der Waals surface area (Å²) in [5, 5.41) is 6.97. The van der Waals surface area contributed by atoms with Gasteiger partial charge in [-0.1, -0.05) is 23.7 Å². The zero-order valence-electron chi connectivity index (χ0n) is 9.34. The largest absolute Gasteiger partial charge is 0.301 e. The summed E-state index contributed by atoms with van der Waals surface area (Å²) in [5.41, 5.74) is 1.98. The molecule has 3 rings (SSSR count). The molecule has 0 radical (unpaired) electrons. The molecule has 0 N–H and O–H groups in total. The molecule has 0 spiro atoms. The number of carbonyl (C=O) groups is 1. The van der Waals surface area contributed by atoms with E-state index in [0.717, 1.165) is 24.1 Å². The second-order valence-electron chi connectivity index (χ2n) is 4.57. The first-order valence-electron chi connectivity index (χ1n) is 5.86. The van der Waals surface area contributed by atoms with Gasteiger partial charge in [0, 0.05) is 12.1 Å². The minimum atomic E-state index is -0.189. The van der Waals surface area contributed by atoms with Crippen molar-refractivity contribution in [3.05, 3.63) is 29.3 Å². The average Bonchev–Trinajstić information content (AvgIpc) is 3.10. The Kier molecular flexibility index (Phi) is 2.63. The van der Waals surface area contributed by atoms with Gasteiger partial charge in [-0.15, -0.1) is 0 Å². The van der Waals surface area contributed by atoms with E-state index in [1.165, 1.54) is 12.8 Å². The third kappa shape index (κ3) is 1.95. The predicted octanol–water partition coefficient (Wildman–Crippen LogP) is 2.88. The smallest absolute Gasteiger partial charge is 0.144 e. The number of hydrogen-bond acceptors (Lipinski definition) is 3.